The fourth-order valence-corrected chi connectivity index (χ4v) is 3.68. The zero-order chi connectivity index (χ0) is 22.0. The standard InChI is InChI=1S/C21H15FN4O4S/c1-2-30-20(29)12-3-8-15-17(11-12)31-21(23-15)24-19(28)18-16(27)9-10-26(25-18)14-6-4-13(22)5-7-14/h3-11H,2H2,1H3,(H,23,24,28). The van der Waals surface area contributed by atoms with Gasteiger partial charge in [-0.15, -0.1) is 0 Å². The number of halogens is 1. The van der Waals surface area contributed by atoms with E-state index >= 15 is 0 Å². The molecule has 0 bridgehead atoms. The van der Waals surface area contributed by atoms with Gasteiger partial charge in [-0.3, -0.25) is 14.9 Å². The molecule has 0 aliphatic carbocycles. The molecule has 0 unspecified atom stereocenters. The van der Waals surface area contributed by atoms with Crippen molar-refractivity contribution in [3.05, 3.63) is 82.0 Å². The van der Waals surface area contributed by atoms with Gasteiger partial charge in [-0.05, 0) is 49.4 Å². The minimum atomic E-state index is -0.730. The highest BCUT2D eigenvalue weighted by Gasteiger charge is 2.17. The van der Waals surface area contributed by atoms with Gasteiger partial charge in [-0.25, -0.2) is 18.9 Å². The fourth-order valence-electron chi connectivity index (χ4n) is 2.78. The zero-order valence-electron chi connectivity index (χ0n) is 16.2. The molecular formula is C21H15FN4O4S. The normalized spacial score (nSPS) is 10.8. The smallest absolute Gasteiger partial charge is 0.338 e. The summed E-state index contributed by atoms with van der Waals surface area (Å²) in [5.74, 6) is -1.59. The highest BCUT2D eigenvalue weighted by molar-refractivity contribution is 7.22. The lowest BCUT2D eigenvalue weighted by Gasteiger charge is -2.07. The predicted octanol–water partition coefficient (Wildman–Crippen LogP) is 3.41. The van der Waals surface area contributed by atoms with Gasteiger partial charge >= 0.3 is 5.97 Å². The molecule has 0 spiro atoms. The topological polar surface area (TPSA) is 103 Å². The number of nitrogens with zero attached hydrogens (tertiary/aromatic N) is 3. The van der Waals surface area contributed by atoms with Crippen LogP contribution in [0.25, 0.3) is 15.9 Å². The molecule has 0 atom stereocenters. The van der Waals surface area contributed by atoms with Crippen LogP contribution in [-0.4, -0.2) is 33.2 Å². The van der Waals surface area contributed by atoms with Crippen molar-refractivity contribution in [2.24, 2.45) is 0 Å². The number of esters is 1. The van der Waals surface area contributed by atoms with Gasteiger partial charge < -0.3 is 4.74 Å². The van der Waals surface area contributed by atoms with Crippen LogP contribution in [-0.2, 0) is 4.74 Å². The number of hydrogen-bond acceptors (Lipinski definition) is 7. The average Bonchev–Trinajstić information content (AvgIpc) is 3.16. The van der Waals surface area contributed by atoms with E-state index in [-0.39, 0.29) is 17.4 Å². The number of hydrogen-bond donors (Lipinski definition) is 1. The number of benzene rings is 2. The first-order valence-corrected chi connectivity index (χ1v) is 10.0. The van der Waals surface area contributed by atoms with Crippen molar-refractivity contribution in [2.45, 2.75) is 6.92 Å². The molecule has 1 amide bonds. The van der Waals surface area contributed by atoms with E-state index in [2.05, 4.69) is 15.4 Å². The fraction of sp³-hybridized carbons (Fsp3) is 0.0952. The lowest BCUT2D eigenvalue weighted by Crippen LogP contribution is -2.25. The number of thiazole rings is 1. The van der Waals surface area contributed by atoms with Gasteiger partial charge in [0.05, 0.1) is 28.1 Å². The molecule has 156 valence electrons. The van der Waals surface area contributed by atoms with E-state index in [1.54, 1.807) is 25.1 Å². The first-order valence-electron chi connectivity index (χ1n) is 9.19. The number of carbonyl (C=O) groups is 2. The Morgan fingerprint density at radius 3 is 2.68 bits per heavy atom. The number of amides is 1. The van der Waals surface area contributed by atoms with Crippen molar-refractivity contribution in [1.82, 2.24) is 14.8 Å². The lowest BCUT2D eigenvalue weighted by atomic mass is 10.2. The Morgan fingerprint density at radius 1 is 1.16 bits per heavy atom. The Kier molecular flexibility index (Phi) is 5.54. The summed E-state index contributed by atoms with van der Waals surface area (Å²) in [5.41, 5.74) is 0.544. The molecular weight excluding hydrogens is 423 g/mol. The summed E-state index contributed by atoms with van der Waals surface area (Å²) < 4.78 is 20.1. The minimum absolute atomic E-state index is 0.249. The monoisotopic (exact) mass is 438 g/mol. The van der Waals surface area contributed by atoms with E-state index in [1.165, 1.54) is 41.2 Å². The number of anilines is 1. The summed E-state index contributed by atoms with van der Waals surface area (Å²) >= 11 is 1.15. The Hall–Kier alpha value is -3.92. The third kappa shape index (κ3) is 4.33. The second-order valence-electron chi connectivity index (χ2n) is 6.33. The number of carbonyl (C=O) groups excluding carboxylic acids is 2. The van der Waals surface area contributed by atoms with E-state index in [1.807, 2.05) is 0 Å². The van der Waals surface area contributed by atoms with Crippen LogP contribution < -0.4 is 10.7 Å². The second kappa shape index (κ2) is 8.44. The van der Waals surface area contributed by atoms with Crippen LogP contribution in [0.5, 0.6) is 0 Å². The molecule has 0 saturated heterocycles. The van der Waals surface area contributed by atoms with E-state index in [0.29, 0.717) is 21.5 Å². The minimum Gasteiger partial charge on any atom is -0.462 e. The summed E-state index contributed by atoms with van der Waals surface area (Å²) in [6.07, 6.45) is 1.39. The molecule has 31 heavy (non-hydrogen) atoms. The summed E-state index contributed by atoms with van der Waals surface area (Å²) in [5, 5.41) is 6.88. The number of nitrogens with one attached hydrogen (secondary N) is 1. The SMILES string of the molecule is CCOC(=O)c1ccc2nc(NC(=O)c3nn(-c4ccc(F)cc4)ccc3=O)sc2c1. The molecule has 0 fully saturated rings. The van der Waals surface area contributed by atoms with Crippen LogP contribution >= 0.6 is 11.3 Å². The third-order valence-electron chi connectivity index (χ3n) is 4.23. The number of aromatic nitrogens is 3. The molecule has 2 aromatic heterocycles. The lowest BCUT2D eigenvalue weighted by molar-refractivity contribution is 0.0526. The molecule has 10 heteroatoms. The number of ether oxygens (including phenoxy) is 1. The Balaban J connectivity index is 1.60. The second-order valence-corrected chi connectivity index (χ2v) is 7.36. The zero-order valence-corrected chi connectivity index (χ0v) is 17.0. The van der Waals surface area contributed by atoms with Gasteiger partial charge in [0.1, 0.15) is 5.82 Å². The van der Waals surface area contributed by atoms with Crippen LogP contribution in [0.1, 0.15) is 27.8 Å². The van der Waals surface area contributed by atoms with Crippen LogP contribution in [0.2, 0.25) is 0 Å². The highest BCUT2D eigenvalue weighted by atomic mass is 32.1. The molecule has 0 aliphatic heterocycles. The molecule has 0 saturated carbocycles. The van der Waals surface area contributed by atoms with Gasteiger partial charge in [0.15, 0.2) is 10.8 Å². The third-order valence-corrected chi connectivity index (χ3v) is 5.17. The maximum absolute atomic E-state index is 13.1. The van der Waals surface area contributed by atoms with E-state index in [9.17, 15) is 18.8 Å². The van der Waals surface area contributed by atoms with Crippen molar-refractivity contribution < 1.29 is 18.7 Å². The van der Waals surface area contributed by atoms with Crippen LogP contribution in [0.4, 0.5) is 9.52 Å². The first-order chi connectivity index (χ1) is 14.9. The molecule has 0 aliphatic rings. The molecule has 4 aromatic rings. The van der Waals surface area contributed by atoms with Crippen molar-refractivity contribution in [3.8, 4) is 5.69 Å². The van der Waals surface area contributed by atoms with Gasteiger partial charge in [0.25, 0.3) is 5.91 Å². The van der Waals surface area contributed by atoms with Crippen molar-refractivity contribution in [3.63, 3.8) is 0 Å². The maximum atomic E-state index is 13.1. The average molecular weight is 438 g/mol. The number of fused-ring (bicyclic) bond motifs is 1. The Bertz CT molecular complexity index is 1350. The quantitative estimate of drug-likeness (QED) is 0.479. The maximum Gasteiger partial charge on any atom is 0.338 e. The molecule has 0 radical (unpaired) electrons. The summed E-state index contributed by atoms with van der Waals surface area (Å²) in [4.78, 5) is 41.0. The van der Waals surface area contributed by atoms with E-state index in [0.717, 1.165) is 11.3 Å². The van der Waals surface area contributed by atoms with Gasteiger partial charge in [0.2, 0.25) is 5.43 Å². The van der Waals surface area contributed by atoms with Gasteiger partial charge in [0, 0.05) is 12.3 Å². The molecule has 8 nitrogen and oxygen atoms in total. The summed E-state index contributed by atoms with van der Waals surface area (Å²) in [6.45, 7) is 1.98. The van der Waals surface area contributed by atoms with Crippen LogP contribution in [0.15, 0.2) is 59.5 Å². The predicted molar refractivity (Wildman–Crippen MR) is 113 cm³/mol. The largest absolute Gasteiger partial charge is 0.462 e. The first kappa shape index (κ1) is 20.4. The number of rotatable bonds is 5. The van der Waals surface area contributed by atoms with Crippen LogP contribution in [0.3, 0.4) is 0 Å². The molecule has 2 heterocycles. The van der Waals surface area contributed by atoms with E-state index < -0.39 is 23.1 Å². The Morgan fingerprint density at radius 2 is 1.94 bits per heavy atom. The molecule has 2 aromatic carbocycles. The summed E-state index contributed by atoms with van der Waals surface area (Å²) in [7, 11) is 0. The summed E-state index contributed by atoms with van der Waals surface area (Å²) in [6, 6.07) is 11.5. The van der Waals surface area contributed by atoms with Crippen molar-refractivity contribution in [2.75, 3.05) is 11.9 Å². The Labute approximate surface area is 178 Å². The van der Waals surface area contributed by atoms with Crippen molar-refractivity contribution in [1.29, 1.82) is 0 Å². The van der Waals surface area contributed by atoms with Gasteiger partial charge in [-0.2, -0.15) is 5.10 Å². The van der Waals surface area contributed by atoms with Crippen molar-refractivity contribution >= 4 is 38.6 Å². The van der Waals surface area contributed by atoms with Gasteiger partial charge in [-0.1, -0.05) is 11.3 Å². The van der Waals surface area contributed by atoms with E-state index in [4.69, 9.17) is 4.74 Å². The molecule has 4 rings (SSSR count). The molecule has 1 N–H and O–H groups in total. The highest BCUT2D eigenvalue weighted by Crippen LogP contribution is 2.27. The van der Waals surface area contributed by atoms with Crippen LogP contribution in [0, 0.1) is 5.82 Å².